The number of fused-ring (bicyclic) bond motifs is 1. The van der Waals surface area contributed by atoms with Gasteiger partial charge < -0.3 is 9.51 Å². The number of ketones is 1. The van der Waals surface area contributed by atoms with Gasteiger partial charge in [-0.2, -0.15) is 0 Å². The number of aromatic amines is 1. The first kappa shape index (κ1) is 17.0. The van der Waals surface area contributed by atoms with E-state index in [2.05, 4.69) is 15.1 Å². The van der Waals surface area contributed by atoms with Crippen LogP contribution in [-0.4, -0.2) is 40.8 Å². The number of nitrogens with one attached hydrogen (secondary N) is 1. The van der Waals surface area contributed by atoms with Gasteiger partial charge in [-0.25, -0.2) is 13.4 Å². The van der Waals surface area contributed by atoms with E-state index in [1.807, 2.05) is 19.9 Å². The number of rotatable bonds is 3. The summed E-state index contributed by atoms with van der Waals surface area (Å²) < 4.78 is 28.5. The maximum Gasteiger partial charge on any atom is 0.168 e. The van der Waals surface area contributed by atoms with Gasteiger partial charge in [0.1, 0.15) is 21.2 Å². The number of sulfone groups is 1. The van der Waals surface area contributed by atoms with Crippen LogP contribution in [0.1, 0.15) is 34.7 Å². The molecule has 0 aliphatic carbocycles. The number of hydrogen-bond acceptors (Lipinski definition) is 6. The van der Waals surface area contributed by atoms with Crippen LogP contribution in [0.5, 0.6) is 0 Å². The molecule has 0 amide bonds. The summed E-state index contributed by atoms with van der Waals surface area (Å²) in [5.41, 5.74) is 3.68. The maximum atomic E-state index is 12.9. The normalized spacial score (nSPS) is 17.6. The molecule has 1 aliphatic heterocycles. The summed E-state index contributed by atoms with van der Waals surface area (Å²) in [7, 11) is -3.00. The molecule has 26 heavy (non-hydrogen) atoms. The fraction of sp³-hybridized carbons (Fsp3) is 0.389. The van der Waals surface area contributed by atoms with Gasteiger partial charge in [0, 0.05) is 40.4 Å². The highest BCUT2D eigenvalue weighted by Crippen LogP contribution is 2.31. The van der Waals surface area contributed by atoms with Crippen molar-refractivity contribution in [2.75, 3.05) is 11.5 Å². The molecule has 0 atom stereocenters. The van der Waals surface area contributed by atoms with Crippen LogP contribution in [-0.2, 0) is 9.84 Å². The quantitative estimate of drug-likeness (QED) is 0.708. The van der Waals surface area contributed by atoms with E-state index in [4.69, 9.17) is 4.52 Å². The van der Waals surface area contributed by atoms with Gasteiger partial charge in [-0.05, 0) is 32.8 Å². The third kappa shape index (κ3) is 2.84. The van der Waals surface area contributed by atoms with Crippen molar-refractivity contribution in [2.24, 2.45) is 5.92 Å². The number of aryl methyl sites for hydroxylation is 2. The van der Waals surface area contributed by atoms with Crippen LogP contribution in [0, 0.1) is 19.8 Å². The first-order valence-corrected chi connectivity index (χ1v) is 10.3. The van der Waals surface area contributed by atoms with E-state index >= 15 is 0 Å². The van der Waals surface area contributed by atoms with Crippen LogP contribution in [0.25, 0.3) is 22.2 Å². The van der Waals surface area contributed by atoms with Crippen molar-refractivity contribution in [3.8, 4) is 11.1 Å². The van der Waals surface area contributed by atoms with E-state index in [1.165, 1.54) is 0 Å². The Balaban J connectivity index is 1.72. The van der Waals surface area contributed by atoms with E-state index < -0.39 is 9.84 Å². The summed E-state index contributed by atoms with van der Waals surface area (Å²) in [6, 6.07) is 1.91. The lowest BCUT2D eigenvalue weighted by molar-refractivity contribution is 0.0914. The number of carbonyl (C=O) groups excluding carboxylic acids is 1. The number of Topliss-reactive ketones (excluding diaryl/α,β-unsaturated/α-hetero) is 1. The second kappa shape index (κ2) is 6.05. The van der Waals surface area contributed by atoms with Crippen LogP contribution in [0.2, 0.25) is 0 Å². The molecule has 1 saturated heterocycles. The van der Waals surface area contributed by atoms with Gasteiger partial charge in [-0.15, -0.1) is 0 Å². The Morgan fingerprint density at radius 2 is 2.00 bits per heavy atom. The van der Waals surface area contributed by atoms with Crippen LogP contribution in [0.4, 0.5) is 0 Å². The third-order valence-corrected chi connectivity index (χ3v) is 6.76. The standard InChI is InChI=1S/C18H19N3O4S/c1-10-16(11(2)25-21-10)13-7-14-15(9-20-18(14)19-8-13)17(22)12-3-5-26(23,24)6-4-12/h7-9,12H,3-6H2,1-2H3,(H,19,20). The minimum Gasteiger partial charge on any atom is -0.361 e. The van der Waals surface area contributed by atoms with Crippen molar-refractivity contribution >= 4 is 26.7 Å². The molecule has 0 saturated carbocycles. The topological polar surface area (TPSA) is 106 Å². The molecule has 136 valence electrons. The van der Waals surface area contributed by atoms with Crippen molar-refractivity contribution in [1.29, 1.82) is 0 Å². The highest BCUT2D eigenvalue weighted by Gasteiger charge is 2.30. The predicted octanol–water partition coefficient (Wildman–Crippen LogP) is 2.84. The molecule has 3 aromatic rings. The summed E-state index contributed by atoms with van der Waals surface area (Å²) in [5, 5.41) is 4.71. The third-order valence-electron chi connectivity index (χ3n) is 5.04. The molecule has 7 nitrogen and oxygen atoms in total. The van der Waals surface area contributed by atoms with Gasteiger partial charge in [-0.1, -0.05) is 5.16 Å². The van der Waals surface area contributed by atoms with Crippen molar-refractivity contribution in [3.63, 3.8) is 0 Å². The van der Waals surface area contributed by atoms with Crippen molar-refractivity contribution < 1.29 is 17.7 Å². The molecule has 1 fully saturated rings. The minimum atomic E-state index is -3.00. The van der Waals surface area contributed by atoms with Crippen LogP contribution < -0.4 is 0 Å². The molecular weight excluding hydrogens is 354 g/mol. The zero-order valence-corrected chi connectivity index (χ0v) is 15.4. The van der Waals surface area contributed by atoms with Crippen LogP contribution >= 0.6 is 0 Å². The number of hydrogen-bond donors (Lipinski definition) is 1. The molecule has 3 aromatic heterocycles. The lowest BCUT2D eigenvalue weighted by Crippen LogP contribution is -2.28. The van der Waals surface area contributed by atoms with Gasteiger partial charge in [0.2, 0.25) is 0 Å². The molecule has 0 spiro atoms. The Morgan fingerprint density at radius 3 is 2.65 bits per heavy atom. The summed E-state index contributed by atoms with van der Waals surface area (Å²) >= 11 is 0. The maximum absolute atomic E-state index is 12.9. The highest BCUT2D eigenvalue weighted by atomic mass is 32.2. The zero-order valence-electron chi connectivity index (χ0n) is 14.6. The van der Waals surface area contributed by atoms with E-state index in [9.17, 15) is 13.2 Å². The molecule has 4 heterocycles. The lowest BCUT2D eigenvalue weighted by Gasteiger charge is -2.20. The van der Waals surface area contributed by atoms with Crippen LogP contribution in [0.15, 0.2) is 23.0 Å². The fourth-order valence-electron chi connectivity index (χ4n) is 3.61. The van der Waals surface area contributed by atoms with Crippen molar-refractivity contribution in [2.45, 2.75) is 26.7 Å². The van der Waals surface area contributed by atoms with Gasteiger partial charge in [-0.3, -0.25) is 4.79 Å². The van der Waals surface area contributed by atoms with Crippen molar-refractivity contribution in [3.05, 3.63) is 35.5 Å². The Bertz CT molecular complexity index is 1080. The Kier molecular flexibility index (Phi) is 3.95. The Labute approximate surface area is 150 Å². The average molecular weight is 373 g/mol. The number of pyridine rings is 1. The molecule has 4 rings (SSSR count). The Hall–Kier alpha value is -2.48. The second-order valence-corrected chi connectivity index (χ2v) is 9.12. The van der Waals surface area contributed by atoms with Crippen LogP contribution in [0.3, 0.4) is 0 Å². The summed E-state index contributed by atoms with van der Waals surface area (Å²) in [4.78, 5) is 20.4. The van der Waals surface area contributed by atoms with Gasteiger partial charge in [0.05, 0.1) is 17.2 Å². The number of carbonyl (C=O) groups is 1. The fourth-order valence-corrected chi connectivity index (χ4v) is 5.10. The first-order chi connectivity index (χ1) is 12.4. The van der Waals surface area contributed by atoms with Crippen molar-refractivity contribution in [1.82, 2.24) is 15.1 Å². The minimum absolute atomic E-state index is 0.0242. The van der Waals surface area contributed by atoms with Gasteiger partial charge >= 0.3 is 0 Å². The Morgan fingerprint density at radius 1 is 1.27 bits per heavy atom. The smallest absolute Gasteiger partial charge is 0.168 e. The lowest BCUT2D eigenvalue weighted by atomic mass is 9.92. The molecule has 0 bridgehead atoms. The second-order valence-electron chi connectivity index (χ2n) is 6.81. The summed E-state index contributed by atoms with van der Waals surface area (Å²) in [6.07, 6.45) is 4.16. The van der Waals surface area contributed by atoms with Gasteiger partial charge in [0.15, 0.2) is 5.78 Å². The molecule has 1 N–H and O–H groups in total. The summed E-state index contributed by atoms with van der Waals surface area (Å²) in [6.45, 7) is 3.70. The molecule has 0 aromatic carbocycles. The molecule has 0 unspecified atom stereocenters. The predicted molar refractivity (Wildman–Crippen MR) is 96.8 cm³/mol. The first-order valence-electron chi connectivity index (χ1n) is 8.51. The number of nitrogens with zero attached hydrogens (tertiary/aromatic N) is 2. The monoisotopic (exact) mass is 373 g/mol. The number of H-pyrrole nitrogens is 1. The molecule has 1 aliphatic rings. The van der Waals surface area contributed by atoms with E-state index in [0.717, 1.165) is 22.2 Å². The highest BCUT2D eigenvalue weighted by molar-refractivity contribution is 7.91. The molecule has 8 heteroatoms. The zero-order chi connectivity index (χ0) is 18.5. The molecular formula is C18H19N3O4S. The average Bonchev–Trinajstić information content (AvgIpc) is 3.17. The SMILES string of the molecule is Cc1noc(C)c1-c1cnc2[nH]cc(C(=O)C3CCS(=O)(=O)CC3)c2c1. The summed E-state index contributed by atoms with van der Waals surface area (Å²) in [5.74, 6) is 0.566. The number of aromatic nitrogens is 3. The van der Waals surface area contributed by atoms with E-state index in [1.54, 1.807) is 12.4 Å². The largest absolute Gasteiger partial charge is 0.361 e. The van der Waals surface area contributed by atoms with Gasteiger partial charge in [0.25, 0.3) is 0 Å². The molecule has 0 radical (unpaired) electrons. The van der Waals surface area contributed by atoms with E-state index in [-0.39, 0.29) is 23.2 Å². The van der Waals surface area contributed by atoms with E-state index in [0.29, 0.717) is 29.8 Å².